The minimum absolute atomic E-state index is 0.0956. The number of aromatic carboxylic acids is 1. The molecule has 154 valence electrons. The van der Waals surface area contributed by atoms with E-state index in [4.69, 9.17) is 21.4 Å². The number of nitriles is 1. The molecule has 0 spiro atoms. The van der Waals surface area contributed by atoms with Crippen molar-refractivity contribution in [2.75, 3.05) is 5.32 Å². The predicted molar refractivity (Wildman–Crippen MR) is 118 cm³/mol. The lowest BCUT2D eigenvalue weighted by molar-refractivity contribution is -0.112. The summed E-state index contributed by atoms with van der Waals surface area (Å²) in [5, 5.41) is 21.2. The van der Waals surface area contributed by atoms with Gasteiger partial charge in [0.15, 0.2) is 0 Å². The van der Waals surface area contributed by atoms with Crippen molar-refractivity contribution in [3.8, 4) is 11.8 Å². The van der Waals surface area contributed by atoms with E-state index in [-0.39, 0.29) is 11.1 Å². The molecule has 3 aromatic carbocycles. The van der Waals surface area contributed by atoms with Crippen LogP contribution in [0.5, 0.6) is 5.75 Å². The van der Waals surface area contributed by atoms with Crippen LogP contribution in [0.1, 0.15) is 21.5 Å². The SMILES string of the molecule is N#C/C(=C\c1ccc(OCc2ccccc2)c(Cl)c1)C(=O)Nc1ccc(C(=O)O)cc1. The Morgan fingerprint density at radius 3 is 2.39 bits per heavy atom. The predicted octanol–water partition coefficient (Wildman–Crippen LogP) is 5.16. The average molecular weight is 433 g/mol. The number of carboxylic acid groups (broad SMARTS) is 1. The highest BCUT2D eigenvalue weighted by molar-refractivity contribution is 6.32. The minimum Gasteiger partial charge on any atom is -0.487 e. The molecule has 0 bridgehead atoms. The molecule has 0 aliphatic carbocycles. The van der Waals surface area contributed by atoms with Crippen molar-refractivity contribution in [3.05, 3.63) is 100 Å². The number of hydrogen-bond acceptors (Lipinski definition) is 4. The zero-order valence-corrected chi connectivity index (χ0v) is 17.0. The molecule has 3 aromatic rings. The maximum Gasteiger partial charge on any atom is 0.335 e. The number of nitrogens with zero attached hydrogens (tertiary/aromatic N) is 1. The molecule has 0 fully saturated rings. The number of hydrogen-bond donors (Lipinski definition) is 2. The van der Waals surface area contributed by atoms with Gasteiger partial charge in [-0.3, -0.25) is 4.79 Å². The van der Waals surface area contributed by atoms with Gasteiger partial charge in [0.2, 0.25) is 0 Å². The number of carbonyl (C=O) groups is 2. The molecule has 0 unspecified atom stereocenters. The Morgan fingerprint density at radius 1 is 1.06 bits per heavy atom. The molecule has 2 N–H and O–H groups in total. The quantitative estimate of drug-likeness (QED) is 0.396. The number of benzene rings is 3. The van der Waals surface area contributed by atoms with Gasteiger partial charge in [0.05, 0.1) is 10.6 Å². The molecule has 0 radical (unpaired) electrons. The van der Waals surface area contributed by atoms with E-state index in [0.717, 1.165) is 5.56 Å². The molecular formula is C24H17ClN2O4. The Bertz CT molecular complexity index is 1170. The van der Waals surface area contributed by atoms with E-state index in [9.17, 15) is 14.9 Å². The number of amides is 1. The lowest BCUT2D eigenvalue weighted by Crippen LogP contribution is -2.13. The zero-order valence-electron chi connectivity index (χ0n) is 16.2. The smallest absolute Gasteiger partial charge is 0.335 e. The van der Waals surface area contributed by atoms with Gasteiger partial charge in [-0.2, -0.15) is 5.26 Å². The summed E-state index contributed by atoms with van der Waals surface area (Å²) in [6.07, 6.45) is 1.41. The van der Waals surface area contributed by atoms with Crippen molar-refractivity contribution in [2.24, 2.45) is 0 Å². The molecule has 0 saturated carbocycles. The topological polar surface area (TPSA) is 99.4 Å². The molecular weight excluding hydrogens is 416 g/mol. The normalized spacial score (nSPS) is 10.8. The Kier molecular flexibility index (Phi) is 7.05. The summed E-state index contributed by atoms with van der Waals surface area (Å²) in [6.45, 7) is 0.363. The van der Waals surface area contributed by atoms with Gasteiger partial charge < -0.3 is 15.2 Å². The third-order valence-corrected chi connectivity index (χ3v) is 4.55. The fraction of sp³-hybridized carbons (Fsp3) is 0.0417. The third-order valence-electron chi connectivity index (χ3n) is 4.26. The van der Waals surface area contributed by atoms with Gasteiger partial charge in [-0.05, 0) is 53.6 Å². The highest BCUT2D eigenvalue weighted by Crippen LogP contribution is 2.27. The fourth-order valence-corrected chi connectivity index (χ4v) is 2.91. The van der Waals surface area contributed by atoms with Crippen LogP contribution in [0.15, 0.2) is 78.4 Å². The van der Waals surface area contributed by atoms with E-state index in [1.54, 1.807) is 18.2 Å². The van der Waals surface area contributed by atoms with Gasteiger partial charge >= 0.3 is 5.97 Å². The van der Waals surface area contributed by atoms with Crippen LogP contribution in [0.25, 0.3) is 6.08 Å². The molecule has 0 aromatic heterocycles. The van der Waals surface area contributed by atoms with Crippen LogP contribution >= 0.6 is 11.6 Å². The molecule has 3 rings (SSSR count). The van der Waals surface area contributed by atoms with Gasteiger partial charge in [-0.15, -0.1) is 0 Å². The van der Waals surface area contributed by atoms with Crippen molar-refractivity contribution in [3.63, 3.8) is 0 Å². The lowest BCUT2D eigenvalue weighted by atomic mass is 10.1. The zero-order chi connectivity index (χ0) is 22.2. The molecule has 0 heterocycles. The highest BCUT2D eigenvalue weighted by Gasteiger charge is 2.11. The molecule has 0 atom stereocenters. The van der Waals surface area contributed by atoms with Gasteiger partial charge in [0, 0.05) is 5.69 Å². The molecule has 0 aliphatic heterocycles. The molecule has 6 nitrogen and oxygen atoms in total. The van der Waals surface area contributed by atoms with Gasteiger partial charge in [0.1, 0.15) is 24.0 Å². The van der Waals surface area contributed by atoms with Crippen molar-refractivity contribution >= 4 is 35.2 Å². The van der Waals surface area contributed by atoms with Crippen LogP contribution in [0, 0.1) is 11.3 Å². The summed E-state index contributed by atoms with van der Waals surface area (Å²) in [6, 6.07) is 22.1. The fourth-order valence-electron chi connectivity index (χ4n) is 2.67. The molecule has 31 heavy (non-hydrogen) atoms. The highest BCUT2D eigenvalue weighted by atomic mass is 35.5. The van der Waals surface area contributed by atoms with Crippen molar-refractivity contribution in [1.29, 1.82) is 5.26 Å². The maximum atomic E-state index is 12.4. The summed E-state index contributed by atoms with van der Waals surface area (Å²) in [5.41, 5.74) is 1.90. The first-order valence-corrected chi connectivity index (χ1v) is 9.57. The number of nitrogens with one attached hydrogen (secondary N) is 1. The number of ether oxygens (including phenoxy) is 1. The molecule has 0 saturated heterocycles. The molecule has 7 heteroatoms. The van der Waals surface area contributed by atoms with Crippen LogP contribution in [0.4, 0.5) is 5.69 Å². The Labute approximate surface area is 184 Å². The second-order valence-electron chi connectivity index (χ2n) is 6.47. The van der Waals surface area contributed by atoms with Crippen LogP contribution in [0.3, 0.4) is 0 Å². The monoisotopic (exact) mass is 432 g/mol. The van der Waals surface area contributed by atoms with Crippen molar-refractivity contribution < 1.29 is 19.4 Å². The second kappa shape index (κ2) is 10.1. The Balaban J connectivity index is 1.69. The van der Waals surface area contributed by atoms with Crippen molar-refractivity contribution in [2.45, 2.75) is 6.61 Å². The average Bonchev–Trinajstić information content (AvgIpc) is 2.77. The van der Waals surface area contributed by atoms with Crippen LogP contribution < -0.4 is 10.1 Å². The number of carboxylic acids is 1. The Hall–Kier alpha value is -4.08. The van der Waals surface area contributed by atoms with E-state index >= 15 is 0 Å². The molecule has 1 amide bonds. The van der Waals surface area contributed by atoms with Gasteiger partial charge in [-0.25, -0.2) is 4.79 Å². The van der Waals surface area contributed by atoms with E-state index in [1.165, 1.54) is 30.3 Å². The number of carbonyl (C=O) groups excluding carboxylic acids is 1. The standard InChI is InChI=1S/C24H17ClN2O4/c25-21-13-17(6-11-22(21)31-15-16-4-2-1-3-5-16)12-19(14-26)23(28)27-20-9-7-18(8-10-20)24(29)30/h1-13H,15H2,(H,27,28)(H,29,30)/b19-12+. The first-order chi connectivity index (χ1) is 15.0. The second-order valence-corrected chi connectivity index (χ2v) is 6.88. The van der Waals surface area contributed by atoms with E-state index in [2.05, 4.69) is 5.32 Å². The summed E-state index contributed by atoms with van der Waals surface area (Å²) < 4.78 is 5.72. The van der Waals surface area contributed by atoms with Crippen molar-refractivity contribution in [1.82, 2.24) is 0 Å². The van der Waals surface area contributed by atoms with E-state index < -0.39 is 11.9 Å². The summed E-state index contributed by atoms with van der Waals surface area (Å²) in [4.78, 5) is 23.3. The van der Waals surface area contributed by atoms with E-state index in [1.807, 2.05) is 36.4 Å². The van der Waals surface area contributed by atoms with Crippen LogP contribution in [-0.2, 0) is 11.4 Å². The first-order valence-electron chi connectivity index (χ1n) is 9.19. The maximum absolute atomic E-state index is 12.4. The minimum atomic E-state index is -1.07. The summed E-state index contributed by atoms with van der Waals surface area (Å²) in [5.74, 6) is -1.20. The largest absolute Gasteiger partial charge is 0.487 e. The Morgan fingerprint density at radius 2 is 1.77 bits per heavy atom. The van der Waals surface area contributed by atoms with Crippen LogP contribution in [0.2, 0.25) is 5.02 Å². The number of rotatable bonds is 7. The first kappa shape index (κ1) is 21.6. The number of halogens is 1. The molecule has 0 aliphatic rings. The van der Waals surface area contributed by atoms with Gasteiger partial charge in [0.25, 0.3) is 5.91 Å². The summed E-state index contributed by atoms with van der Waals surface area (Å²) in [7, 11) is 0. The summed E-state index contributed by atoms with van der Waals surface area (Å²) >= 11 is 6.29. The third kappa shape index (κ3) is 5.95. The lowest BCUT2D eigenvalue weighted by Gasteiger charge is -2.09. The van der Waals surface area contributed by atoms with Gasteiger partial charge in [-0.1, -0.05) is 48.0 Å². The van der Waals surface area contributed by atoms with Crippen LogP contribution in [-0.4, -0.2) is 17.0 Å². The number of anilines is 1. The van der Waals surface area contributed by atoms with E-state index in [0.29, 0.717) is 28.6 Å².